The lowest BCUT2D eigenvalue weighted by Crippen LogP contribution is -1.79. The molecule has 0 aliphatic heterocycles. The number of nitrogens with zero attached hydrogens (tertiary/aromatic N) is 3. The monoisotopic (exact) mass is 403 g/mol. The van der Waals surface area contributed by atoms with Gasteiger partial charge in [-0.2, -0.15) is 0 Å². The summed E-state index contributed by atoms with van der Waals surface area (Å²) in [6.07, 6.45) is 1.68. The van der Waals surface area contributed by atoms with Gasteiger partial charge in [0.05, 0.1) is 11.9 Å². The average molecular weight is 404 g/mol. The fourth-order valence-corrected chi connectivity index (χ4v) is 3.19. The van der Waals surface area contributed by atoms with Gasteiger partial charge in [0, 0.05) is 21.2 Å². The molecule has 26 heavy (non-hydrogen) atoms. The number of benzene rings is 2. The van der Waals surface area contributed by atoms with E-state index in [1.165, 1.54) is 11.8 Å². The summed E-state index contributed by atoms with van der Waals surface area (Å²) in [6.45, 7) is 0. The third kappa shape index (κ3) is 3.93. The molecular weight excluding hydrogens is 393 g/mol. The van der Waals surface area contributed by atoms with E-state index in [2.05, 4.69) is 15.2 Å². The standard InChI is InChI=1S/C18H11Cl2N3O2S/c19-13-6-4-11(5-7-13)15-9-21-16(24-15)10-26-18-23-22-17(25-18)12-2-1-3-14(20)8-12/h1-9H,10H2. The van der Waals surface area contributed by atoms with Gasteiger partial charge in [0.15, 0.2) is 5.76 Å². The second-order valence-corrected chi connectivity index (χ2v) is 7.10. The number of halogens is 2. The third-order valence-corrected chi connectivity index (χ3v) is 4.77. The van der Waals surface area contributed by atoms with Crippen molar-refractivity contribution in [2.24, 2.45) is 0 Å². The van der Waals surface area contributed by atoms with Gasteiger partial charge < -0.3 is 8.83 Å². The molecule has 4 rings (SSSR count). The summed E-state index contributed by atoms with van der Waals surface area (Å²) in [5.41, 5.74) is 1.69. The first-order valence-corrected chi connectivity index (χ1v) is 9.34. The van der Waals surface area contributed by atoms with E-state index < -0.39 is 0 Å². The smallest absolute Gasteiger partial charge is 0.277 e. The SMILES string of the molecule is Clc1ccc(-c2cnc(CSc3nnc(-c4cccc(Cl)c4)o3)o2)cc1. The molecule has 4 aromatic rings. The lowest BCUT2D eigenvalue weighted by atomic mass is 10.2. The summed E-state index contributed by atoms with van der Waals surface area (Å²) >= 11 is 13.2. The van der Waals surface area contributed by atoms with Gasteiger partial charge in [-0.05, 0) is 42.5 Å². The number of oxazole rings is 1. The predicted molar refractivity (Wildman–Crippen MR) is 101 cm³/mol. The highest BCUT2D eigenvalue weighted by Gasteiger charge is 2.12. The number of thioether (sulfide) groups is 1. The van der Waals surface area contributed by atoms with Gasteiger partial charge in [-0.1, -0.05) is 41.0 Å². The van der Waals surface area contributed by atoms with Crippen LogP contribution in [0.25, 0.3) is 22.8 Å². The molecule has 0 radical (unpaired) electrons. The van der Waals surface area contributed by atoms with Crippen LogP contribution in [-0.4, -0.2) is 15.2 Å². The third-order valence-electron chi connectivity index (χ3n) is 3.48. The van der Waals surface area contributed by atoms with Gasteiger partial charge in [-0.15, -0.1) is 10.2 Å². The van der Waals surface area contributed by atoms with E-state index in [9.17, 15) is 0 Å². The first-order chi connectivity index (χ1) is 12.7. The highest BCUT2D eigenvalue weighted by atomic mass is 35.5. The second-order valence-electron chi connectivity index (χ2n) is 5.30. The zero-order valence-electron chi connectivity index (χ0n) is 13.2. The van der Waals surface area contributed by atoms with Crippen molar-refractivity contribution in [3.63, 3.8) is 0 Å². The van der Waals surface area contributed by atoms with Gasteiger partial charge >= 0.3 is 0 Å². The second kappa shape index (κ2) is 7.53. The van der Waals surface area contributed by atoms with Crippen LogP contribution in [0.15, 0.2) is 68.8 Å². The Hall–Kier alpha value is -2.28. The Morgan fingerprint density at radius 1 is 0.885 bits per heavy atom. The minimum Gasteiger partial charge on any atom is -0.440 e. The lowest BCUT2D eigenvalue weighted by molar-refractivity contribution is 0.464. The summed E-state index contributed by atoms with van der Waals surface area (Å²) in [7, 11) is 0. The average Bonchev–Trinajstić information content (AvgIpc) is 3.30. The van der Waals surface area contributed by atoms with Crippen LogP contribution < -0.4 is 0 Å². The first kappa shape index (κ1) is 17.1. The molecule has 0 amide bonds. The van der Waals surface area contributed by atoms with Crippen molar-refractivity contribution < 1.29 is 8.83 Å². The lowest BCUT2D eigenvalue weighted by Gasteiger charge is -1.96. The highest BCUT2D eigenvalue weighted by molar-refractivity contribution is 7.98. The molecule has 0 bridgehead atoms. The highest BCUT2D eigenvalue weighted by Crippen LogP contribution is 2.28. The number of rotatable bonds is 5. The van der Waals surface area contributed by atoms with Crippen molar-refractivity contribution in [1.82, 2.24) is 15.2 Å². The molecule has 0 spiro atoms. The number of hydrogen-bond acceptors (Lipinski definition) is 6. The zero-order valence-corrected chi connectivity index (χ0v) is 15.6. The Morgan fingerprint density at radius 2 is 1.73 bits per heavy atom. The maximum Gasteiger partial charge on any atom is 0.277 e. The summed E-state index contributed by atoms with van der Waals surface area (Å²) < 4.78 is 11.4. The Balaban J connectivity index is 1.43. The van der Waals surface area contributed by atoms with Crippen LogP contribution in [0.2, 0.25) is 10.0 Å². The Bertz CT molecular complexity index is 1030. The Kier molecular flexibility index (Phi) is 4.97. The molecule has 130 valence electrons. The van der Waals surface area contributed by atoms with Crippen molar-refractivity contribution in [3.05, 3.63) is 70.7 Å². The summed E-state index contributed by atoms with van der Waals surface area (Å²) in [5.74, 6) is 2.15. The topological polar surface area (TPSA) is 65.0 Å². The van der Waals surface area contributed by atoms with E-state index in [1.807, 2.05) is 36.4 Å². The Morgan fingerprint density at radius 3 is 2.54 bits per heavy atom. The van der Waals surface area contributed by atoms with Crippen LogP contribution in [0.5, 0.6) is 0 Å². The van der Waals surface area contributed by atoms with Crippen LogP contribution in [0, 0.1) is 0 Å². The molecule has 0 atom stereocenters. The molecule has 0 fully saturated rings. The molecule has 8 heteroatoms. The molecule has 0 saturated heterocycles. The molecule has 0 aliphatic rings. The molecule has 0 saturated carbocycles. The predicted octanol–water partition coefficient (Wildman–Crippen LogP) is 5.99. The molecule has 2 aromatic heterocycles. The minimum absolute atomic E-state index is 0.421. The molecule has 0 aliphatic carbocycles. The van der Waals surface area contributed by atoms with Crippen molar-refractivity contribution in [1.29, 1.82) is 0 Å². The van der Waals surface area contributed by atoms with Gasteiger partial charge in [0.2, 0.25) is 11.8 Å². The van der Waals surface area contributed by atoms with E-state index >= 15 is 0 Å². The van der Waals surface area contributed by atoms with Crippen LogP contribution in [0.3, 0.4) is 0 Å². The van der Waals surface area contributed by atoms with Gasteiger partial charge in [0.1, 0.15) is 0 Å². The van der Waals surface area contributed by atoms with Gasteiger partial charge in [-0.3, -0.25) is 0 Å². The Labute approximate surface area is 163 Å². The fourth-order valence-electron chi connectivity index (χ4n) is 2.25. The fraction of sp³-hybridized carbons (Fsp3) is 0.0556. The first-order valence-electron chi connectivity index (χ1n) is 7.60. The van der Waals surface area contributed by atoms with Crippen LogP contribution in [0.4, 0.5) is 0 Å². The molecule has 0 N–H and O–H groups in total. The van der Waals surface area contributed by atoms with Gasteiger partial charge in [-0.25, -0.2) is 4.98 Å². The van der Waals surface area contributed by atoms with E-state index in [1.54, 1.807) is 18.3 Å². The maximum atomic E-state index is 5.98. The van der Waals surface area contributed by atoms with Crippen molar-refractivity contribution in [2.75, 3.05) is 0 Å². The largest absolute Gasteiger partial charge is 0.440 e. The molecule has 2 heterocycles. The van der Waals surface area contributed by atoms with Crippen molar-refractivity contribution >= 4 is 35.0 Å². The number of hydrogen-bond donors (Lipinski definition) is 0. The molecule has 5 nitrogen and oxygen atoms in total. The van der Waals surface area contributed by atoms with E-state index in [0.717, 1.165) is 11.1 Å². The number of aromatic nitrogens is 3. The quantitative estimate of drug-likeness (QED) is 0.381. The summed E-state index contributed by atoms with van der Waals surface area (Å²) in [4.78, 5) is 4.28. The van der Waals surface area contributed by atoms with Crippen molar-refractivity contribution in [2.45, 2.75) is 11.0 Å². The van der Waals surface area contributed by atoms with Crippen LogP contribution in [0.1, 0.15) is 5.89 Å². The zero-order chi connectivity index (χ0) is 17.9. The van der Waals surface area contributed by atoms with E-state index in [-0.39, 0.29) is 0 Å². The summed E-state index contributed by atoms with van der Waals surface area (Å²) in [6, 6.07) is 14.6. The normalized spacial score (nSPS) is 11.0. The van der Waals surface area contributed by atoms with Crippen LogP contribution in [-0.2, 0) is 5.75 Å². The van der Waals surface area contributed by atoms with E-state index in [0.29, 0.717) is 38.6 Å². The molecule has 2 aromatic carbocycles. The minimum atomic E-state index is 0.421. The van der Waals surface area contributed by atoms with Gasteiger partial charge in [0.25, 0.3) is 5.22 Å². The maximum absolute atomic E-state index is 5.98. The summed E-state index contributed by atoms with van der Waals surface area (Å²) in [5, 5.41) is 9.80. The van der Waals surface area contributed by atoms with Crippen molar-refractivity contribution in [3.8, 4) is 22.8 Å². The molecular formula is C18H11Cl2N3O2S. The van der Waals surface area contributed by atoms with Crippen LogP contribution >= 0.6 is 35.0 Å². The molecule has 0 unspecified atom stereocenters. The van der Waals surface area contributed by atoms with E-state index in [4.69, 9.17) is 32.0 Å².